The Morgan fingerprint density at radius 2 is 2.40 bits per heavy atom. The van der Waals surface area contributed by atoms with E-state index in [0.29, 0.717) is 5.69 Å². The summed E-state index contributed by atoms with van der Waals surface area (Å²) >= 11 is 4.63. The highest BCUT2D eigenvalue weighted by molar-refractivity contribution is 7.80. The van der Waals surface area contributed by atoms with Crippen LogP contribution >= 0.6 is 12.2 Å². The van der Waals surface area contributed by atoms with Gasteiger partial charge in [0, 0.05) is 12.2 Å². The number of hydrogen-bond acceptors (Lipinski definition) is 3. The number of thiocarbonyl (C=S) groups is 1. The molecule has 0 bridgehead atoms. The number of amides is 1. The van der Waals surface area contributed by atoms with Crippen LogP contribution in [0.15, 0.2) is 12.4 Å². The van der Waals surface area contributed by atoms with Crippen LogP contribution in [-0.2, 0) is 4.79 Å². The fourth-order valence-electron chi connectivity index (χ4n) is 1.05. The van der Waals surface area contributed by atoms with E-state index in [0.717, 1.165) is 0 Å². The number of carbonyl (C=O) groups is 1. The number of nitrogens with zero attached hydrogens (tertiary/aromatic N) is 2. The summed E-state index contributed by atoms with van der Waals surface area (Å²) < 4.78 is 1.76. The molecule has 0 spiro atoms. The van der Waals surface area contributed by atoms with Crippen molar-refractivity contribution in [2.75, 3.05) is 5.32 Å². The summed E-state index contributed by atoms with van der Waals surface area (Å²) in [5.74, 6) is -0.217. The Bertz CT molecular complexity index is 372. The van der Waals surface area contributed by atoms with Crippen molar-refractivity contribution in [3.8, 4) is 0 Å². The van der Waals surface area contributed by atoms with Gasteiger partial charge < -0.3 is 11.1 Å². The van der Waals surface area contributed by atoms with Crippen LogP contribution in [0.25, 0.3) is 0 Å². The van der Waals surface area contributed by atoms with E-state index in [4.69, 9.17) is 5.73 Å². The normalized spacial score (nSPS) is 10.3. The summed E-state index contributed by atoms with van der Waals surface area (Å²) in [6.07, 6.45) is 3.42. The van der Waals surface area contributed by atoms with Crippen molar-refractivity contribution in [2.24, 2.45) is 5.73 Å². The van der Waals surface area contributed by atoms with Crippen LogP contribution in [0.5, 0.6) is 0 Å². The second kappa shape index (κ2) is 4.88. The van der Waals surface area contributed by atoms with Crippen LogP contribution in [-0.4, -0.2) is 20.7 Å². The molecule has 6 heteroatoms. The first-order valence-corrected chi connectivity index (χ1v) is 5.02. The summed E-state index contributed by atoms with van der Waals surface area (Å²) in [5, 5.41) is 6.74. The molecule has 0 fully saturated rings. The van der Waals surface area contributed by atoms with Crippen molar-refractivity contribution in [3.05, 3.63) is 12.4 Å². The van der Waals surface area contributed by atoms with Gasteiger partial charge in [-0.25, -0.2) is 0 Å². The second-order valence-electron chi connectivity index (χ2n) is 3.49. The molecule has 1 rings (SSSR count). The second-order valence-corrected chi connectivity index (χ2v) is 4.02. The smallest absolute Gasteiger partial charge is 0.231 e. The van der Waals surface area contributed by atoms with E-state index in [2.05, 4.69) is 22.6 Å². The zero-order chi connectivity index (χ0) is 11.4. The Hall–Kier alpha value is -1.43. The first-order chi connectivity index (χ1) is 6.99. The fraction of sp³-hybridized carbons (Fsp3) is 0.444. The molecule has 1 aromatic heterocycles. The number of aromatic nitrogens is 2. The average Bonchev–Trinajstić information content (AvgIpc) is 2.50. The molecular weight excluding hydrogens is 212 g/mol. The van der Waals surface area contributed by atoms with Gasteiger partial charge in [-0.1, -0.05) is 12.2 Å². The van der Waals surface area contributed by atoms with Crippen molar-refractivity contribution in [2.45, 2.75) is 26.3 Å². The van der Waals surface area contributed by atoms with Crippen molar-refractivity contribution in [1.82, 2.24) is 9.78 Å². The standard InChI is InChI=1S/C9H14N4OS/c1-6(2)13-5-7(4-11-13)12-9(14)3-8(10)15/h4-6H,3H2,1-2H3,(H2,10,15)(H,12,14). The lowest BCUT2D eigenvalue weighted by molar-refractivity contribution is -0.115. The molecule has 1 heterocycles. The van der Waals surface area contributed by atoms with Crippen molar-refractivity contribution >= 4 is 28.8 Å². The molecule has 1 amide bonds. The molecular formula is C9H14N4OS. The van der Waals surface area contributed by atoms with Crippen molar-refractivity contribution in [1.29, 1.82) is 0 Å². The molecule has 82 valence electrons. The van der Waals surface area contributed by atoms with Gasteiger partial charge in [0.2, 0.25) is 5.91 Å². The molecule has 3 N–H and O–H groups in total. The average molecular weight is 226 g/mol. The number of nitrogens with two attached hydrogens (primary N) is 1. The maximum absolute atomic E-state index is 11.3. The molecule has 1 aromatic rings. The maximum atomic E-state index is 11.3. The Balaban J connectivity index is 2.57. The van der Waals surface area contributed by atoms with E-state index in [1.807, 2.05) is 13.8 Å². The highest BCUT2D eigenvalue weighted by atomic mass is 32.1. The van der Waals surface area contributed by atoms with Gasteiger partial charge in [0.25, 0.3) is 0 Å². The quantitative estimate of drug-likeness (QED) is 0.753. The number of carbonyl (C=O) groups excluding carboxylic acids is 1. The summed E-state index contributed by atoms with van der Waals surface area (Å²) in [4.78, 5) is 11.5. The largest absolute Gasteiger partial charge is 0.393 e. The van der Waals surface area contributed by atoms with Gasteiger partial charge >= 0.3 is 0 Å². The zero-order valence-electron chi connectivity index (χ0n) is 8.73. The minimum atomic E-state index is -0.217. The topological polar surface area (TPSA) is 72.9 Å². The Kier molecular flexibility index (Phi) is 3.79. The van der Waals surface area contributed by atoms with Crippen LogP contribution in [0.1, 0.15) is 26.3 Å². The molecule has 0 saturated carbocycles. The van der Waals surface area contributed by atoms with Gasteiger partial charge in [-0.3, -0.25) is 9.48 Å². The van der Waals surface area contributed by atoms with Crippen LogP contribution in [0.4, 0.5) is 5.69 Å². The number of hydrogen-bond donors (Lipinski definition) is 2. The van der Waals surface area contributed by atoms with Crippen LogP contribution < -0.4 is 11.1 Å². The number of nitrogens with one attached hydrogen (secondary N) is 1. The first kappa shape index (κ1) is 11.6. The van der Waals surface area contributed by atoms with Crippen LogP contribution in [0.3, 0.4) is 0 Å². The third-order valence-electron chi connectivity index (χ3n) is 1.75. The molecule has 0 radical (unpaired) electrons. The summed E-state index contributed by atoms with van der Waals surface area (Å²) in [6, 6.07) is 0.270. The first-order valence-electron chi connectivity index (χ1n) is 4.61. The summed E-state index contributed by atoms with van der Waals surface area (Å²) in [6.45, 7) is 4.02. The fourth-order valence-corrected chi connectivity index (χ4v) is 1.18. The van der Waals surface area contributed by atoms with Crippen LogP contribution in [0, 0.1) is 0 Å². The number of rotatable bonds is 4. The predicted octanol–water partition coefficient (Wildman–Crippen LogP) is 1.08. The van der Waals surface area contributed by atoms with Gasteiger partial charge in [-0.2, -0.15) is 5.10 Å². The Morgan fingerprint density at radius 1 is 1.73 bits per heavy atom. The molecule has 0 atom stereocenters. The molecule has 0 aliphatic heterocycles. The third kappa shape index (κ3) is 3.67. The minimum Gasteiger partial charge on any atom is -0.393 e. The SMILES string of the molecule is CC(C)n1cc(NC(=O)CC(N)=S)cn1. The number of anilines is 1. The molecule has 0 saturated heterocycles. The molecule has 0 unspecified atom stereocenters. The van der Waals surface area contributed by atoms with Gasteiger partial charge in [0.1, 0.15) is 0 Å². The van der Waals surface area contributed by atoms with Crippen molar-refractivity contribution in [3.63, 3.8) is 0 Å². The zero-order valence-corrected chi connectivity index (χ0v) is 9.54. The molecule has 15 heavy (non-hydrogen) atoms. The Morgan fingerprint density at radius 3 is 2.87 bits per heavy atom. The highest BCUT2D eigenvalue weighted by Crippen LogP contribution is 2.09. The van der Waals surface area contributed by atoms with Crippen LogP contribution in [0.2, 0.25) is 0 Å². The minimum absolute atomic E-state index is 0.0577. The predicted molar refractivity (Wildman–Crippen MR) is 62.6 cm³/mol. The molecule has 0 aliphatic rings. The van der Waals surface area contributed by atoms with E-state index in [1.165, 1.54) is 0 Å². The van der Waals surface area contributed by atoms with E-state index in [9.17, 15) is 4.79 Å². The lowest BCUT2D eigenvalue weighted by atomic mass is 10.4. The van der Waals surface area contributed by atoms with Crippen molar-refractivity contribution < 1.29 is 4.79 Å². The molecule has 0 aliphatic carbocycles. The van der Waals surface area contributed by atoms with E-state index in [-0.39, 0.29) is 23.4 Å². The summed E-state index contributed by atoms with van der Waals surface area (Å²) in [7, 11) is 0. The van der Waals surface area contributed by atoms with Gasteiger partial charge in [-0.05, 0) is 13.8 Å². The van der Waals surface area contributed by atoms with E-state index in [1.54, 1.807) is 17.1 Å². The maximum Gasteiger partial charge on any atom is 0.231 e. The molecule has 0 aromatic carbocycles. The van der Waals surface area contributed by atoms with E-state index < -0.39 is 0 Å². The van der Waals surface area contributed by atoms with Gasteiger partial charge in [0.05, 0.1) is 23.3 Å². The Labute approximate surface area is 93.6 Å². The molecule has 5 nitrogen and oxygen atoms in total. The van der Waals surface area contributed by atoms with Gasteiger partial charge in [0.15, 0.2) is 0 Å². The highest BCUT2D eigenvalue weighted by Gasteiger charge is 2.06. The third-order valence-corrected chi connectivity index (χ3v) is 1.89. The lowest BCUT2D eigenvalue weighted by Crippen LogP contribution is -2.19. The van der Waals surface area contributed by atoms with E-state index >= 15 is 0 Å². The lowest BCUT2D eigenvalue weighted by Gasteiger charge is -2.03. The van der Waals surface area contributed by atoms with Gasteiger partial charge in [-0.15, -0.1) is 0 Å². The monoisotopic (exact) mass is 226 g/mol. The summed E-state index contributed by atoms with van der Waals surface area (Å²) in [5.41, 5.74) is 5.91.